The maximum atomic E-state index is 13.8. The van der Waals surface area contributed by atoms with E-state index in [9.17, 15) is 14.2 Å². The number of ether oxygens (including phenoxy) is 5. The number of phosphoric acid groups is 2. The van der Waals surface area contributed by atoms with E-state index in [1.54, 1.807) is 35.3 Å². The monoisotopic (exact) mass is 1280 g/mol. The van der Waals surface area contributed by atoms with Gasteiger partial charge >= 0.3 is 15.6 Å². The highest BCUT2D eigenvalue weighted by atomic mass is 32.2. The third kappa shape index (κ3) is 16.9. The lowest BCUT2D eigenvalue weighted by Crippen LogP contribution is -2.56. The highest BCUT2D eigenvalue weighted by Crippen LogP contribution is 2.68. The number of rotatable bonds is 16. The Hall–Kier alpha value is -1.31. The molecule has 85 heavy (non-hydrogen) atoms. The van der Waals surface area contributed by atoms with Gasteiger partial charge in [0.2, 0.25) is 0 Å². The highest BCUT2D eigenvalue weighted by Gasteiger charge is 2.61. The van der Waals surface area contributed by atoms with Crippen LogP contribution in [0, 0.1) is 47.3 Å². The summed E-state index contributed by atoms with van der Waals surface area (Å²) in [6.45, 7) is 40.8. The molecule has 20 unspecified atom stereocenters. The molecule has 0 spiro atoms. The van der Waals surface area contributed by atoms with E-state index in [2.05, 4.69) is 119 Å². The third-order valence-corrected chi connectivity index (χ3v) is 27.1. The Morgan fingerprint density at radius 2 is 0.718 bits per heavy atom. The molecule has 0 bridgehead atoms. The molecule has 3 aromatic rings. The summed E-state index contributed by atoms with van der Waals surface area (Å²) in [4.78, 5) is 3.51. The van der Waals surface area contributed by atoms with Crippen molar-refractivity contribution < 1.29 is 65.1 Å². The van der Waals surface area contributed by atoms with Crippen LogP contribution < -0.4 is 0 Å². The summed E-state index contributed by atoms with van der Waals surface area (Å²) in [7, 11) is -7.57. The molecule has 6 heterocycles. The molecule has 0 radical (unpaired) electrons. The number of benzene rings is 3. The quantitative estimate of drug-likeness (QED) is 0.135. The summed E-state index contributed by atoms with van der Waals surface area (Å²) in [5.74, 6) is 1.70. The van der Waals surface area contributed by atoms with E-state index in [0.29, 0.717) is 5.92 Å². The van der Waals surface area contributed by atoms with Crippen LogP contribution in [0.5, 0.6) is 0 Å². The molecule has 0 amide bonds. The van der Waals surface area contributed by atoms with Gasteiger partial charge in [-0.2, -0.15) is 0 Å². The predicted molar refractivity (Wildman–Crippen MR) is 343 cm³/mol. The van der Waals surface area contributed by atoms with E-state index >= 15 is 0 Å². The van der Waals surface area contributed by atoms with E-state index in [-0.39, 0.29) is 94.4 Å². The fourth-order valence-corrected chi connectivity index (χ4v) is 20.0. The van der Waals surface area contributed by atoms with Crippen LogP contribution in [0.4, 0.5) is 0 Å². The van der Waals surface area contributed by atoms with Gasteiger partial charge in [-0.1, -0.05) is 173 Å². The first kappa shape index (κ1) is 71.1. The molecule has 9 rings (SSSR count). The van der Waals surface area contributed by atoms with Gasteiger partial charge in [-0.05, 0) is 165 Å². The molecule has 0 saturated carbocycles. The van der Waals surface area contributed by atoms with Crippen molar-refractivity contribution in [3.63, 3.8) is 0 Å². The van der Waals surface area contributed by atoms with Crippen molar-refractivity contribution in [3.05, 3.63) is 91.0 Å². The van der Waals surface area contributed by atoms with Gasteiger partial charge in [-0.3, -0.25) is 27.1 Å². The molecule has 0 aliphatic carbocycles. The Labute approximate surface area is 524 Å². The predicted octanol–water partition coefficient (Wildman–Crippen LogP) is 17.9. The number of aliphatic hydroxyl groups excluding tert-OH is 1. The van der Waals surface area contributed by atoms with Gasteiger partial charge in [0.1, 0.15) is 50.9 Å². The number of thioether (sulfide) groups is 3. The average Bonchev–Trinajstić information content (AvgIpc) is 2.25. The van der Waals surface area contributed by atoms with Crippen LogP contribution in [0.2, 0.25) is 0 Å². The zero-order valence-electron chi connectivity index (χ0n) is 54.4. The van der Waals surface area contributed by atoms with Crippen LogP contribution in [0.15, 0.2) is 106 Å². The minimum Gasteiger partial charge on any atom is -0.390 e. The van der Waals surface area contributed by atoms with Gasteiger partial charge in [0.25, 0.3) is 0 Å². The second-order valence-corrected chi connectivity index (χ2v) is 33.0. The standard InChI is InChI=1S/C30H49O7PS.C21H33O5PS.C15H22O2S/c1-11-23-18(3)19(4)26(35-38(31)36-29(7,8)30(9,10)37-38)27(32-23)34-25-20(5)21(6)28(33-24(25)12-2)39-22-16-14-13-15-17-22;1-8-17-14(2)15(3)18(19(23-17)28-16-12-10-9-11-13-16)24-27(22)25-20(4,5)21(6,7)26-27;1-4-13-14(16)10(2)11(3)15(17-13)18-12-8-6-5-7-9-12/h13-21,23-28H,11-12H2,1-10H3;9-15,17-19H,8H2,1-7H3;5-11,13-16H,4H2,1-3H3. The first-order chi connectivity index (χ1) is 39.8. The molecule has 20 atom stereocenters. The largest absolute Gasteiger partial charge is 0.476 e. The maximum absolute atomic E-state index is 13.8. The molecular formula is C66H104O14P2S3. The lowest BCUT2D eigenvalue weighted by molar-refractivity contribution is -0.307. The first-order valence-corrected chi connectivity index (χ1v) is 36.9. The molecule has 14 nitrogen and oxygen atoms in total. The fraction of sp³-hybridized carbons (Fsp3) is 0.727. The smallest absolute Gasteiger partial charge is 0.390 e. The minimum absolute atomic E-state index is 0.00258. The second-order valence-electron chi connectivity index (χ2n) is 26.5. The summed E-state index contributed by atoms with van der Waals surface area (Å²) >= 11 is 5.13. The topological polar surface area (TPSA) is 156 Å². The van der Waals surface area contributed by atoms with Crippen molar-refractivity contribution in [2.45, 2.75) is 273 Å². The van der Waals surface area contributed by atoms with Gasteiger partial charge in [0.15, 0.2) is 6.29 Å². The second kappa shape index (κ2) is 29.5. The Morgan fingerprint density at radius 3 is 1.12 bits per heavy atom. The Morgan fingerprint density at radius 1 is 0.400 bits per heavy atom. The van der Waals surface area contributed by atoms with Gasteiger partial charge in [-0.15, -0.1) is 0 Å². The van der Waals surface area contributed by atoms with Crippen LogP contribution in [-0.4, -0.2) is 98.9 Å². The van der Waals surface area contributed by atoms with E-state index in [1.807, 2.05) is 110 Å². The summed E-state index contributed by atoms with van der Waals surface area (Å²) in [5, 5.41) is 10.2. The third-order valence-electron chi connectivity index (χ3n) is 19.6. The first-order valence-electron chi connectivity index (χ1n) is 31.3. The van der Waals surface area contributed by atoms with Crippen molar-refractivity contribution >= 4 is 50.9 Å². The van der Waals surface area contributed by atoms with E-state index in [1.165, 1.54) is 9.79 Å². The number of aliphatic hydroxyl groups is 1. The van der Waals surface area contributed by atoms with Crippen molar-refractivity contribution in [2.24, 2.45) is 47.3 Å². The maximum Gasteiger partial charge on any atom is 0.476 e. The number of hydrogen-bond acceptors (Lipinski definition) is 17. The van der Waals surface area contributed by atoms with E-state index in [4.69, 9.17) is 50.8 Å². The molecule has 3 aromatic carbocycles. The molecule has 480 valence electrons. The lowest BCUT2D eigenvalue weighted by Gasteiger charge is -2.49. The van der Waals surface area contributed by atoms with Crippen LogP contribution in [-0.2, 0) is 60.0 Å². The van der Waals surface area contributed by atoms with Crippen molar-refractivity contribution in [3.8, 4) is 0 Å². The SMILES string of the molecule is CCC1OC(OC2C(CC)OC(Sc3ccccc3)C(C)C2C)C(OP2(=O)OC(C)(C)C(C)(C)O2)C(C)C1C.CCC1OC(Sc2ccccc2)C(C)C(C)C1O.CCC1OC(Sc2ccccc2)C(OP2(=O)OC(C)(C)C(C)(C)O2)C(C)C1C. The van der Waals surface area contributed by atoms with E-state index in [0.717, 1.165) is 30.6 Å². The zero-order chi connectivity index (χ0) is 62.6. The van der Waals surface area contributed by atoms with Crippen molar-refractivity contribution in [1.82, 2.24) is 0 Å². The Bertz CT molecular complexity index is 2590. The minimum atomic E-state index is -3.86. The average molecular weight is 1280 g/mol. The number of phosphoric ester groups is 2. The molecule has 6 aliphatic rings. The summed E-state index contributed by atoms with van der Waals surface area (Å²) in [6.07, 6.45) is 1.17. The molecule has 6 aliphatic heterocycles. The van der Waals surface area contributed by atoms with Crippen LogP contribution in [0.1, 0.15) is 164 Å². The molecule has 0 aromatic heterocycles. The normalized spacial score (nSPS) is 38.7. The van der Waals surface area contributed by atoms with E-state index < -0.39 is 56.5 Å². The lowest BCUT2D eigenvalue weighted by atomic mass is 9.82. The summed E-state index contributed by atoms with van der Waals surface area (Å²) in [6, 6.07) is 30.8. The fourth-order valence-electron chi connectivity index (χ4n) is 11.7. The zero-order valence-corrected chi connectivity index (χ0v) is 58.6. The highest BCUT2D eigenvalue weighted by molar-refractivity contribution is 8.00. The molecule has 6 fully saturated rings. The number of hydrogen-bond donors (Lipinski definition) is 1. The summed E-state index contributed by atoms with van der Waals surface area (Å²) in [5.41, 5.74) is -3.08. The van der Waals surface area contributed by atoms with Crippen molar-refractivity contribution in [1.29, 1.82) is 0 Å². The Kier molecular flexibility index (Phi) is 24.7. The summed E-state index contributed by atoms with van der Waals surface area (Å²) < 4.78 is 95.7. The van der Waals surface area contributed by atoms with Crippen LogP contribution >= 0.6 is 50.9 Å². The van der Waals surface area contributed by atoms with Gasteiger partial charge in [0, 0.05) is 14.7 Å². The van der Waals surface area contributed by atoms with Crippen molar-refractivity contribution in [2.75, 3.05) is 0 Å². The van der Waals surface area contributed by atoms with Gasteiger partial charge < -0.3 is 28.8 Å². The Balaban J connectivity index is 0.000000196. The molecule has 6 saturated heterocycles. The van der Waals surface area contributed by atoms with Gasteiger partial charge in [-0.25, -0.2) is 9.13 Å². The van der Waals surface area contributed by atoms with Crippen LogP contribution in [0.25, 0.3) is 0 Å². The van der Waals surface area contributed by atoms with Gasteiger partial charge in [0.05, 0.1) is 36.6 Å². The molecular weight excluding hydrogens is 1170 g/mol. The van der Waals surface area contributed by atoms with Crippen LogP contribution in [0.3, 0.4) is 0 Å². The molecule has 1 N–H and O–H groups in total. The molecule has 19 heteroatoms.